The van der Waals surface area contributed by atoms with Crippen LogP contribution in [0.1, 0.15) is 17.5 Å². The number of benzene rings is 1. The Hall–Kier alpha value is -2.48. The van der Waals surface area contributed by atoms with E-state index in [1.54, 1.807) is 12.1 Å². The zero-order chi connectivity index (χ0) is 13.3. The molecule has 0 bridgehead atoms. The monoisotopic (exact) mass is 260 g/mol. The van der Waals surface area contributed by atoms with Gasteiger partial charge in [0.25, 0.3) is 0 Å². The molecule has 3 aliphatic carbocycles. The fourth-order valence-corrected chi connectivity index (χ4v) is 3.51. The highest BCUT2D eigenvalue weighted by Gasteiger charge is 2.53. The fraction of sp³-hybridized carbons (Fsp3) is 0.111. The van der Waals surface area contributed by atoms with Crippen LogP contribution in [0.15, 0.2) is 65.0 Å². The van der Waals surface area contributed by atoms with Gasteiger partial charge in [-0.1, -0.05) is 24.3 Å². The first kappa shape index (κ1) is 10.3. The lowest BCUT2D eigenvalue weighted by Gasteiger charge is -2.46. The van der Waals surface area contributed by atoms with E-state index in [4.69, 9.17) is 4.74 Å². The van der Waals surface area contributed by atoms with Crippen molar-refractivity contribution < 1.29 is 9.84 Å². The fourth-order valence-electron chi connectivity index (χ4n) is 3.51. The van der Waals surface area contributed by atoms with Gasteiger partial charge in [-0.3, -0.25) is 0 Å². The minimum Gasteiger partial charge on any atom is -0.508 e. The van der Waals surface area contributed by atoms with Crippen molar-refractivity contribution in [1.29, 1.82) is 0 Å². The summed E-state index contributed by atoms with van der Waals surface area (Å²) in [6.45, 7) is 0. The molecule has 96 valence electrons. The molecule has 1 atom stereocenters. The lowest BCUT2D eigenvalue weighted by molar-refractivity contribution is 0.0496. The van der Waals surface area contributed by atoms with Gasteiger partial charge in [0.2, 0.25) is 0 Å². The number of phenolic OH excluding ortho intramolecular Hbond substituents is 1. The van der Waals surface area contributed by atoms with E-state index in [0.29, 0.717) is 5.75 Å². The Balaban J connectivity index is 1.77. The van der Waals surface area contributed by atoms with Crippen molar-refractivity contribution >= 4 is 12.2 Å². The van der Waals surface area contributed by atoms with Gasteiger partial charge in [-0.15, -0.1) is 0 Å². The van der Waals surface area contributed by atoms with E-state index in [2.05, 4.69) is 36.5 Å². The summed E-state index contributed by atoms with van der Waals surface area (Å²) in [5.74, 6) is 1.33. The molecule has 1 heterocycles. The van der Waals surface area contributed by atoms with Crippen LogP contribution >= 0.6 is 0 Å². The Morgan fingerprint density at radius 2 is 2.05 bits per heavy atom. The maximum absolute atomic E-state index is 9.64. The summed E-state index contributed by atoms with van der Waals surface area (Å²) in [6.07, 6.45) is 13.8. The molecule has 1 spiro atoms. The molecule has 1 aromatic carbocycles. The number of hydrogen-bond donors (Lipinski definition) is 1. The van der Waals surface area contributed by atoms with Crippen LogP contribution in [0, 0.1) is 0 Å². The summed E-state index contributed by atoms with van der Waals surface area (Å²) in [6, 6.07) is 5.46. The van der Waals surface area contributed by atoms with E-state index in [9.17, 15) is 5.11 Å². The lowest BCUT2D eigenvalue weighted by atomic mass is 9.75. The topological polar surface area (TPSA) is 29.5 Å². The molecular weight excluding hydrogens is 248 g/mol. The second-order valence-electron chi connectivity index (χ2n) is 5.59. The van der Waals surface area contributed by atoms with E-state index in [1.807, 2.05) is 6.07 Å². The molecule has 1 N–H and O–H groups in total. The van der Waals surface area contributed by atoms with Crippen LogP contribution in [0.25, 0.3) is 12.2 Å². The Bertz CT molecular complexity index is 818. The van der Waals surface area contributed by atoms with Gasteiger partial charge in [-0.25, -0.2) is 0 Å². The van der Waals surface area contributed by atoms with Crippen molar-refractivity contribution in [2.24, 2.45) is 0 Å². The second kappa shape index (κ2) is 3.15. The van der Waals surface area contributed by atoms with Crippen molar-refractivity contribution in [2.45, 2.75) is 12.0 Å². The molecule has 0 aromatic heterocycles. The highest BCUT2D eigenvalue weighted by molar-refractivity contribution is 5.81. The van der Waals surface area contributed by atoms with Crippen molar-refractivity contribution in [3.05, 3.63) is 76.1 Å². The van der Waals surface area contributed by atoms with Crippen LogP contribution in [-0.2, 0) is 4.74 Å². The summed E-state index contributed by atoms with van der Waals surface area (Å²) < 4.78 is 6.10. The number of phenols is 1. The third-order valence-electron chi connectivity index (χ3n) is 4.49. The number of aromatic hydroxyl groups is 1. The molecule has 0 saturated carbocycles. The quantitative estimate of drug-likeness (QED) is 0.770. The predicted octanol–water partition coefficient (Wildman–Crippen LogP) is 3.73. The standard InChI is InChI=1S/C18H12O2/c19-15-5-2-12-9-14-4-1-11-3-6-16-17(11)18(14,20-16)8-7-13(12)10-15/h1-2,4-10,19H,3H2. The number of allylic oxidation sites excluding steroid dienone is 3. The van der Waals surface area contributed by atoms with Crippen LogP contribution in [0.2, 0.25) is 0 Å². The average molecular weight is 260 g/mol. The highest BCUT2D eigenvalue weighted by Crippen LogP contribution is 2.56. The maximum atomic E-state index is 9.64. The van der Waals surface area contributed by atoms with Gasteiger partial charge in [0.05, 0.1) is 0 Å². The molecule has 0 radical (unpaired) electrons. The molecule has 2 heteroatoms. The van der Waals surface area contributed by atoms with Crippen LogP contribution in [-0.4, -0.2) is 10.7 Å². The van der Waals surface area contributed by atoms with E-state index in [0.717, 1.165) is 28.9 Å². The highest BCUT2D eigenvalue weighted by atomic mass is 16.5. The van der Waals surface area contributed by atoms with E-state index >= 15 is 0 Å². The molecule has 4 aliphatic rings. The largest absolute Gasteiger partial charge is 0.508 e. The number of hydrogen-bond acceptors (Lipinski definition) is 2. The van der Waals surface area contributed by atoms with Gasteiger partial charge in [0.1, 0.15) is 11.5 Å². The number of rotatable bonds is 0. The van der Waals surface area contributed by atoms with Crippen molar-refractivity contribution in [3.8, 4) is 5.75 Å². The van der Waals surface area contributed by atoms with Gasteiger partial charge in [-0.05, 0) is 53.5 Å². The molecule has 2 nitrogen and oxygen atoms in total. The zero-order valence-electron chi connectivity index (χ0n) is 10.8. The minimum absolute atomic E-state index is 0.292. The van der Waals surface area contributed by atoms with Crippen LogP contribution in [0.4, 0.5) is 0 Å². The number of fused-ring (bicyclic) bond motifs is 1. The van der Waals surface area contributed by atoms with Gasteiger partial charge >= 0.3 is 0 Å². The normalized spacial score (nSPS) is 27.6. The van der Waals surface area contributed by atoms with Crippen LogP contribution in [0.5, 0.6) is 5.75 Å². The zero-order valence-corrected chi connectivity index (χ0v) is 10.8. The SMILES string of the molecule is Oc1ccc2c(c1)C=CC13OC4=CCC(=C41)C=CC3=C2. The summed E-state index contributed by atoms with van der Waals surface area (Å²) in [5, 5.41) is 9.64. The summed E-state index contributed by atoms with van der Waals surface area (Å²) in [7, 11) is 0. The maximum Gasteiger partial charge on any atom is 0.181 e. The third-order valence-corrected chi connectivity index (χ3v) is 4.49. The molecule has 1 saturated heterocycles. The molecule has 5 rings (SSSR count). The molecule has 1 aliphatic heterocycles. The average Bonchev–Trinajstić information content (AvgIpc) is 2.70. The Labute approximate surface area is 116 Å². The molecule has 1 unspecified atom stereocenters. The van der Waals surface area contributed by atoms with Gasteiger partial charge in [0.15, 0.2) is 5.60 Å². The van der Waals surface area contributed by atoms with Crippen molar-refractivity contribution in [3.63, 3.8) is 0 Å². The minimum atomic E-state index is -0.402. The van der Waals surface area contributed by atoms with Gasteiger partial charge in [-0.2, -0.15) is 0 Å². The number of ether oxygens (including phenoxy) is 1. The molecule has 1 aromatic rings. The first-order valence-corrected chi connectivity index (χ1v) is 6.82. The van der Waals surface area contributed by atoms with Gasteiger partial charge < -0.3 is 9.84 Å². The Morgan fingerprint density at radius 3 is 3.00 bits per heavy atom. The summed E-state index contributed by atoms with van der Waals surface area (Å²) in [4.78, 5) is 0. The molecular formula is C18H12O2. The third kappa shape index (κ3) is 1.06. The molecule has 0 amide bonds. The smallest absolute Gasteiger partial charge is 0.181 e. The molecule has 20 heavy (non-hydrogen) atoms. The molecule has 1 fully saturated rings. The first-order valence-electron chi connectivity index (χ1n) is 6.82. The first-order chi connectivity index (χ1) is 9.76. The van der Waals surface area contributed by atoms with E-state index in [-0.39, 0.29) is 0 Å². The Morgan fingerprint density at radius 1 is 1.10 bits per heavy atom. The van der Waals surface area contributed by atoms with Gasteiger partial charge in [0, 0.05) is 11.1 Å². The second-order valence-corrected chi connectivity index (χ2v) is 5.59. The Kier molecular flexibility index (Phi) is 1.63. The predicted molar refractivity (Wildman–Crippen MR) is 77.8 cm³/mol. The van der Waals surface area contributed by atoms with Crippen molar-refractivity contribution in [2.75, 3.05) is 0 Å². The van der Waals surface area contributed by atoms with E-state index in [1.165, 1.54) is 11.1 Å². The lowest BCUT2D eigenvalue weighted by Crippen LogP contribution is -2.45. The van der Waals surface area contributed by atoms with E-state index < -0.39 is 5.60 Å². The van der Waals surface area contributed by atoms with Crippen molar-refractivity contribution in [1.82, 2.24) is 0 Å². The van der Waals surface area contributed by atoms with Crippen LogP contribution in [0.3, 0.4) is 0 Å². The van der Waals surface area contributed by atoms with Crippen LogP contribution < -0.4 is 0 Å². The summed E-state index contributed by atoms with van der Waals surface area (Å²) in [5.41, 5.74) is 5.58. The summed E-state index contributed by atoms with van der Waals surface area (Å²) >= 11 is 0.